The molecule has 6 nitrogen and oxygen atoms in total. The van der Waals surface area contributed by atoms with Gasteiger partial charge in [-0.1, -0.05) is 54.9 Å². The van der Waals surface area contributed by atoms with Gasteiger partial charge in [0.25, 0.3) is 0 Å². The average Bonchev–Trinajstić information content (AvgIpc) is 2.97. The quantitative estimate of drug-likeness (QED) is 0.580. The minimum atomic E-state index is 0.189. The zero-order chi connectivity index (χ0) is 19.9. The molecule has 1 aliphatic heterocycles. The predicted molar refractivity (Wildman–Crippen MR) is 115 cm³/mol. The van der Waals surface area contributed by atoms with Crippen LogP contribution in [0.5, 0.6) is 0 Å². The summed E-state index contributed by atoms with van der Waals surface area (Å²) in [5.74, 6) is 1.35. The molecule has 1 amide bonds. The minimum Gasteiger partial charge on any atom is -0.342 e. The molecule has 2 aromatic heterocycles. The van der Waals surface area contributed by atoms with Crippen LogP contribution in [-0.2, 0) is 11.3 Å². The zero-order valence-electron chi connectivity index (χ0n) is 16.4. The van der Waals surface area contributed by atoms with Crippen LogP contribution in [0, 0.1) is 0 Å². The number of pyridine rings is 1. The summed E-state index contributed by atoms with van der Waals surface area (Å²) in [7, 11) is 0. The van der Waals surface area contributed by atoms with Gasteiger partial charge in [0.15, 0.2) is 11.0 Å². The Kier molecular flexibility index (Phi) is 6.56. The van der Waals surface area contributed by atoms with E-state index in [9.17, 15) is 4.79 Å². The van der Waals surface area contributed by atoms with E-state index in [1.807, 2.05) is 35.2 Å². The molecule has 0 aliphatic carbocycles. The molecule has 1 saturated heterocycles. The summed E-state index contributed by atoms with van der Waals surface area (Å²) in [4.78, 5) is 18.9. The largest absolute Gasteiger partial charge is 0.342 e. The van der Waals surface area contributed by atoms with Gasteiger partial charge in [0.05, 0.1) is 12.3 Å². The Balaban J connectivity index is 1.54. The van der Waals surface area contributed by atoms with Crippen molar-refractivity contribution in [2.75, 3.05) is 18.8 Å². The second-order valence-electron chi connectivity index (χ2n) is 7.20. The first-order chi connectivity index (χ1) is 14.3. The number of nitrogens with zero attached hydrogens (tertiary/aromatic N) is 5. The summed E-state index contributed by atoms with van der Waals surface area (Å²) in [5.41, 5.74) is 2.08. The van der Waals surface area contributed by atoms with Gasteiger partial charge in [-0.15, -0.1) is 10.2 Å². The van der Waals surface area contributed by atoms with Gasteiger partial charge in [0.2, 0.25) is 5.91 Å². The predicted octanol–water partition coefficient (Wildman–Crippen LogP) is 3.88. The van der Waals surface area contributed by atoms with Crippen molar-refractivity contribution in [2.45, 2.75) is 37.4 Å². The molecule has 150 valence electrons. The molecule has 3 aromatic rings. The van der Waals surface area contributed by atoms with E-state index in [1.165, 1.54) is 24.6 Å². The van der Waals surface area contributed by atoms with Gasteiger partial charge < -0.3 is 4.90 Å². The number of hydrogen-bond donors (Lipinski definition) is 0. The van der Waals surface area contributed by atoms with E-state index in [1.54, 1.807) is 12.4 Å². The van der Waals surface area contributed by atoms with Gasteiger partial charge >= 0.3 is 0 Å². The zero-order valence-corrected chi connectivity index (χ0v) is 17.2. The second kappa shape index (κ2) is 9.69. The van der Waals surface area contributed by atoms with E-state index in [4.69, 9.17) is 0 Å². The fraction of sp³-hybridized carbons (Fsp3) is 0.364. The molecular weight excluding hydrogens is 382 g/mol. The number of benzene rings is 1. The van der Waals surface area contributed by atoms with E-state index in [2.05, 4.69) is 31.9 Å². The van der Waals surface area contributed by atoms with Gasteiger partial charge in [0, 0.05) is 31.0 Å². The maximum Gasteiger partial charge on any atom is 0.233 e. The standard InChI is InChI=1S/C22H25N5OS/c28-20(26-13-6-1-2-7-14-26)17-29-22-25-24-21(19-11-8-12-23-15-19)27(22)16-18-9-4-3-5-10-18/h3-5,8-12,15H,1-2,6-7,13-14,16-17H2. The first kappa shape index (κ1) is 19.6. The van der Waals surface area contributed by atoms with E-state index < -0.39 is 0 Å². The number of aromatic nitrogens is 4. The summed E-state index contributed by atoms with van der Waals surface area (Å²) >= 11 is 1.47. The summed E-state index contributed by atoms with van der Waals surface area (Å²) < 4.78 is 2.08. The van der Waals surface area contributed by atoms with Gasteiger partial charge in [0.1, 0.15) is 0 Å². The van der Waals surface area contributed by atoms with Crippen LogP contribution in [0.1, 0.15) is 31.2 Å². The number of likely N-dealkylation sites (tertiary alicyclic amines) is 1. The summed E-state index contributed by atoms with van der Waals surface area (Å²) in [6.07, 6.45) is 8.18. The third-order valence-electron chi connectivity index (χ3n) is 5.10. The van der Waals surface area contributed by atoms with Crippen LogP contribution < -0.4 is 0 Å². The molecule has 1 fully saturated rings. The fourth-order valence-corrected chi connectivity index (χ4v) is 4.39. The molecule has 0 atom stereocenters. The summed E-state index contributed by atoms with van der Waals surface area (Å²) in [5, 5.41) is 9.58. The number of rotatable bonds is 6. The number of thioether (sulfide) groups is 1. The van der Waals surface area contributed by atoms with Crippen LogP contribution in [0.2, 0.25) is 0 Å². The first-order valence-electron chi connectivity index (χ1n) is 10.1. The lowest BCUT2D eigenvalue weighted by molar-refractivity contribution is -0.128. The molecule has 29 heavy (non-hydrogen) atoms. The Hall–Kier alpha value is -2.67. The Bertz CT molecular complexity index is 921. The smallest absolute Gasteiger partial charge is 0.233 e. The Morgan fingerprint density at radius 1 is 0.966 bits per heavy atom. The molecule has 0 saturated carbocycles. The van der Waals surface area contributed by atoms with E-state index in [-0.39, 0.29) is 5.91 Å². The summed E-state index contributed by atoms with van der Waals surface area (Å²) in [6.45, 7) is 2.40. The molecule has 1 aromatic carbocycles. The number of amides is 1. The molecule has 1 aliphatic rings. The third-order valence-corrected chi connectivity index (χ3v) is 6.06. The van der Waals surface area contributed by atoms with E-state index in [0.717, 1.165) is 48.0 Å². The fourth-order valence-electron chi connectivity index (χ4n) is 3.55. The monoisotopic (exact) mass is 407 g/mol. The average molecular weight is 408 g/mol. The highest BCUT2D eigenvalue weighted by molar-refractivity contribution is 7.99. The molecule has 0 unspecified atom stereocenters. The van der Waals surface area contributed by atoms with Crippen LogP contribution in [0.4, 0.5) is 0 Å². The van der Waals surface area contributed by atoms with Crippen molar-refractivity contribution in [2.24, 2.45) is 0 Å². The lowest BCUT2D eigenvalue weighted by atomic mass is 10.2. The van der Waals surface area contributed by atoms with Crippen LogP contribution in [-0.4, -0.2) is 49.4 Å². The highest BCUT2D eigenvalue weighted by Crippen LogP contribution is 2.25. The Morgan fingerprint density at radius 3 is 2.48 bits per heavy atom. The molecule has 0 radical (unpaired) electrons. The van der Waals surface area contributed by atoms with Crippen LogP contribution in [0.3, 0.4) is 0 Å². The van der Waals surface area contributed by atoms with E-state index >= 15 is 0 Å². The molecule has 0 N–H and O–H groups in total. The van der Waals surface area contributed by atoms with Crippen molar-refractivity contribution in [3.8, 4) is 11.4 Å². The highest BCUT2D eigenvalue weighted by Gasteiger charge is 2.19. The number of carbonyl (C=O) groups is 1. The van der Waals surface area contributed by atoms with Crippen LogP contribution in [0.25, 0.3) is 11.4 Å². The number of hydrogen-bond acceptors (Lipinski definition) is 5. The Morgan fingerprint density at radius 2 is 1.76 bits per heavy atom. The van der Waals surface area contributed by atoms with E-state index in [0.29, 0.717) is 12.3 Å². The van der Waals surface area contributed by atoms with Crippen LogP contribution >= 0.6 is 11.8 Å². The Labute approximate surface area is 175 Å². The second-order valence-corrected chi connectivity index (χ2v) is 8.15. The molecule has 3 heterocycles. The molecule has 4 rings (SSSR count). The highest BCUT2D eigenvalue weighted by atomic mass is 32.2. The maximum absolute atomic E-state index is 12.7. The third kappa shape index (κ3) is 5.03. The van der Waals surface area contributed by atoms with Crippen molar-refractivity contribution in [1.29, 1.82) is 0 Å². The normalized spacial score (nSPS) is 14.6. The lowest BCUT2D eigenvalue weighted by Crippen LogP contribution is -2.33. The number of carbonyl (C=O) groups excluding carboxylic acids is 1. The molecule has 0 spiro atoms. The van der Waals surface area contributed by atoms with Gasteiger partial charge in [-0.25, -0.2) is 0 Å². The van der Waals surface area contributed by atoms with Crippen molar-refractivity contribution < 1.29 is 4.79 Å². The van der Waals surface area contributed by atoms with Gasteiger partial charge in [-0.05, 0) is 30.5 Å². The first-order valence-corrected chi connectivity index (χ1v) is 11.1. The lowest BCUT2D eigenvalue weighted by Gasteiger charge is -2.20. The van der Waals surface area contributed by atoms with Crippen molar-refractivity contribution in [1.82, 2.24) is 24.6 Å². The molecule has 7 heteroatoms. The minimum absolute atomic E-state index is 0.189. The molecule has 0 bridgehead atoms. The van der Waals surface area contributed by atoms with Crippen molar-refractivity contribution in [3.63, 3.8) is 0 Å². The van der Waals surface area contributed by atoms with Crippen LogP contribution in [0.15, 0.2) is 60.0 Å². The van der Waals surface area contributed by atoms with Crippen molar-refractivity contribution >= 4 is 17.7 Å². The topological polar surface area (TPSA) is 63.9 Å². The maximum atomic E-state index is 12.7. The van der Waals surface area contributed by atoms with Gasteiger partial charge in [-0.3, -0.25) is 14.3 Å². The van der Waals surface area contributed by atoms with Crippen molar-refractivity contribution in [3.05, 3.63) is 60.4 Å². The SMILES string of the molecule is O=C(CSc1nnc(-c2cccnc2)n1Cc1ccccc1)N1CCCCCC1. The van der Waals surface area contributed by atoms with Gasteiger partial charge in [-0.2, -0.15) is 0 Å². The summed E-state index contributed by atoms with van der Waals surface area (Å²) in [6, 6.07) is 14.1. The molecular formula is C22H25N5OS.